The maximum absolute atomic E-state index is 12.1. The van der Waals surface area contributed by atoms with E-state index in [2.05, 4.69) is 10.6 Å². The van der Waals surface area contributed by atoms with Crippen LogP contribution in [0, 0.1) is 5.92 Å². The second kappa shape index (κ2) is 8.33. The molecule has 3 amide bonds. The number of urea groups is 1. The lowest BCUT2D eigenvalue weighted by molar-refractivity contribution is -0.143. The van der Waals surface area contributed by atoms with Crippen molar-refractivity contribution in [3.8, 4) is 0 Å². The Kier molecular flexibility index (Phi) is 6.17. The second-order valence-corrected chi connectivity index (χ2v) is 5.98. The average Bonchev–Trinajstić information content (AvgIpc) is 2.56. The first-order valence-electron chi connectivity index (χ1n) is 8.08. The lowest BCUT2D eigenvalue weighted by Gasteiger charge is -2.30. The van der Waals surface area contributed by atoms with E-state index in [4.69, 9.17) is 5.11 Å². The van der Waals surface area contributed by atoms with E-state index in [9.17, 15) is 14.4 Å². The molecule has 0 saturated carbocycles. The molecule has 2 rings (SSSR count). The molecule has 0 aromatic heterocycles. The molecule has 1 aliphatic heterocycles. The zero-order valence-electron chi connectivity index (χ0n) is 13.7. The number of nitrogens with zero attached hydrogens (tertiary/aromatic N) is 1. The van der Waals surface area contributed by atoms with Crippen molar-refractivity contribution < 1.29 is 19.5 Å². The molecule has 0 aliphatic carbocycles. The Balaban J connectivity index is 1.76. The van der Waals surface area contributed by atoms with Gasteiger partial charge in [-0.25, -0.2) is 4.79 Å². The van der Waals surface area contributed by atoms with Gasteiger partial charge in [-0.15, -0.1) is 0 Å². The SMILES string of the molecule is CC(=O)Nc1ccc(CCNC(=O)N2CCCC(C(=O)O)C2)cc1. The van der Waals surface area contributed by atoms with Crippen LogP contribution in [0.4, 0.5) is 10.5 Å². The molecule has 0 bridgehead atoms. The van der Waals surface area contributed by atoms with Crippen molar-refractivity contribution in [1.29, 1.82) is 0 Å². The molecule has 1 aromatic rings. The summed E-state index contributed by atoms with van der Waals surface area (Å²) in [5, 5.41) is 14.6. The highest BCUT2D eigenvalue weighted by atomic mass is 16.4. The molecule has 1 aliphatic rings. The Bertz CT molecular complexity index is 600. The molecular weight excluding hydrogens is 310 g/mol. The fourth-order valence-electron chi connectivity index (χ4n) is 2.75. The van der Waals surface area contributed by atoms with Gasteiger partial charge in [0.15, 0.2) is 0 Å². The zero-order valence-corrected chi connectivity index (χ0v) is 13.7. The van der Waals surface area contributed by atoms with Gasteiger partial charge in [0.1, 0.15) is 0 Å². The number of carbonyl (C=O) groups excluding carboxylic acids is 2. The number of hydrogen-bond donors (Lipinski definition) is 3. The number of carboxylic acid groups (broad SMARTS) is 1. The number of piperidine rings is 1. The van der Waals surface area contributed by atoms with Crippen LogP contribution in [-0.2, 0) is 16.0 Å². The van der Waals surface area contributed by atoms with Crippen LogP contribution >= 0.6 is 0 Å². The maximum Gasteiger partial charge on any atom is 0.317 e. The number of hydrogen-bond acceptors (Lipinski definition) is 3. The maximum atomic E-state index is 12.1. The predicted molar refractivity (Wildman–Crippen MR) is 89.8 cm³/mol. The van der Waals surface area contributed by atoms with Crippen LogP contribution in [0.2, 0.25) is 0 Å². The molecule has 1 aromatic carbocycles. The van der Waals surface area contributed by atoms with Gasteiger partial charge < -0.3 is 20.6 Å². The molecule has 1 unspecified atom stereocenters. The molecule has 7 heteroatoms. The number of amides is 3. The third-order valence-electron chi connectivity index (χ3n) is 4.02. The first-order valence-corrected chi connectivity index (χ1v) is 8.08. The molecule has 1 saturated heterocycles. The molecule has 0 radical (unpaired) electrons. The highest BCUT2D eigenvalue weighted by Gasteiger charge is 2.27. The third-order valence-corrected chi connectivity index (χ3v) is 4.02. The molecule has 1 heterocycles. The van der Waals surface area contributed by atoms with Gasteiger partial charge in [0, 0.05) is 32.2 Å². The van der Waals surface area contributed by atoms with Gasteiger partial charge in [-0.3, -0.25) is 9.59 Å². The fraction of sp³-hybridized carbons (Fsp3) is 0.471. The topological polar surface area (TPSA) is 98.7 Å². The van der Waals surface area contributed by atoms with Crippen LogP contribution in [0.5, 0.6) is 0 Å². The van der Waals surface area contributed by atoms with E-state index in [1.54, 1.807) is 4.90 Å². The van der Waals surface area contributed by atoms with Gasteiger partial charge in [0.2, 0.25) is 5.91 Å². The van der Waals surface area contributed by atoms with Crippen LogP contribution < -0.4 is 10.6 Å². The largest absolute Gasteiger partial charge is 0.481 e. The number of anilines is 1. The third kappa shape index (κ3) is 5.26. The van der Waals surface area contributed by atoms with E-state index in [0.717, 1.165) is 17.7 Å². The van der Waals surface area contributed by atoms with Gasteiger partial charge in [0.05, 0.1) is 5.92 Å². The summed E-state index contributed by atoms with van der Waals surface area (Å²) in [5.74, 6) is -1.42. The summed E-state index contributed by atoms with van der Waals surface area (Å²) in [6, 6.07) is 7.23. The minimum Gasteiger partial charge on any atom is -0.481 e. The quantitative estimate of drug-likeness (QED) is 0.763. The Morgan fingerprint density at radius 1 is 1.25 bits per heavy atom. The second-order valence-electron chi connectivity index (χ2n) is 5.98. The summed E-state index contributed by atoms with van der Waals surface area (Å²) in [7, 11) is 0. The van der Waals surface area contributed by atoms with Crippen molar-refractivity contribution in [1.82, 2.24) is 10.2 Å². The van der Waals surface area contributed by atoms with E-state index in [1.165, 1.54) is 6.92 Å². The number of carbonyl (C=O) groups is 3. The standard InChI is InChI=1S/C17H23N3O4/c1-12(21)19-15-6-4-13(5-7-15)8-9-18-17(24)20-10-2-3-14(11-20)16(22)23/h4-7,14H,2-3,8-11H2,1H3,(H,18,24)(H,19,21)(H,22,23). The predicted octanol–water partition coefficient (Wildman–Crippen LogP) is 1.69. The van der Waals surface area contributed by atoms with Crippen LogP contribution in [0.15, 0.2) is 24.3 Å². The van der Waals surface area contributed by atoms with Crippen molar-refractivity contribution in [3.05, 3.63) is 29.8 Å². The van der Waals surface area contributed by atoms with Gasteiger partial charge in [-0.2, -0.15) is 0 Å². The van der Waals surface area contributed by atoms with Gasteiger partial charge in [-0.05, 0) is 37.0 Å². The fourth-order valence-corrected chi connectivity index (χ4v) is 2.75. The van der Waals surface area contributed by atoms with E-state index >= 15 is 0 Å². The molecule has 0 spiro atoms. The average molecular weight is 333 g/mol. The van der Waals surface area contributed by atoms with Gasteiger partial charge in [0.25, 0.3) is 0 Å². The number of aliphatic carboxylic acids is 1. The molecule has 1 fully saturated rings. The normalized spacial score (nSPS) is 17.2. The van der Waals surface area contributed by atoms with Crippen molar-refractivity contribution in [3.63, 3.8) is 0 Å². The summed E-state index contributed by atoms with van der Waals surface area (Å²) in [4.78, 5) is 35.7. The molecule has 7 nitrogen and oxygen atoms in total. The summed E-state index contributed by atoms with van der Waals surface area (Å²) in [6.07, 6.45) is 2.01. The molecule has 130 valence electrons. The summed E-state index contributed by atoms with van der Waals surface area (Å²) in [6.45, 7) is 2.80. The molecule has 3 N–H and O–H groups in total. The number of nitrogens with one attached hydrogen (secondary N) is 2. The van der Waals surface area contributed by atoms with E-state index in [1.807, 2.05) is 24.3 Å². The number of rotatable bonds is 5. The smallest absolute Gasteiger partial charge is 0.317 e. The van der Waals surface area contributed by atoms with Crippen molar-refractivity contribution >= 4 is 23.6 Å². The van der Waals surface area contributed by atoms with Gasteiger partial charge >= 0.3 is 12.0 Å². The Morgan fingerprint density at radius 3 is 2.58 bits per heavy atom. The minimum atomic E-state index is -0.841. The first-order chi connectivity index (χ1) is 11.5. The van der Waals surface area contributed by atoms with Crippen molar-refractivity contribution in [2.75, 3.05) is 25.0 Å². The molecule has 24 heavy (non-hydrogen) atoms. The molecule has 1 atom stereocenters. The van der Waals surface area contributed by atoms with Crippen LogP contribution in [0.1, 0.15) is 25.3 Å². The minimum absolute atomic E-state index is 0.115. The van der Waals surface area contributed by atoms with Gasteiger partial charge in [-0.1, -0.05) is 12.1 Å². The summed E-state index contributed by atoms with van der Waals surface area (Å²) >= 11 is 0. The Labute approximate surface area is 141 Å². The van der Waals surface area contributed by atoms with Crippen LogP contribution in [0.3, 0.4) is 0 Å². The van der Waals surface area contributed by atoms with Crippen LogP contribution in [-0.4, -0.2) is 47.5 Å². The zero-order chi connectivity index (χ0) is 17.5. The van der Waals surface area contributed by atoms with Crippen molar-refractivity contribution in [2.45, 2.75) is 26.2 Å². The highest BCUT2D eigenvalue weighted by Crippen LogP contribution is 2.16. The number of benzene rings is 1. The summed E-state index contributed by atoms with van der Waals surface area (Å²) in [5.41, 5.74) is 1.79. The Hall–Kier alpha value is -2.57. The molecular formula is C17H23N3O4. The van der Waals surface area contributed by atoms with E-state index in [0.29, 0.717) is 25.9 Å². The lowest BCUT2D eigenvalue weighted by atomic mass is 9.99. The van der Waals surface area contributed by atoms with E-state index in [-0.39, 0.29) is 18.5 Å². The monoisotopic (exact) mass is 333 g/mol. The number of likely N-dealkylation sites (tertiary alicyclic amines) is 1. The van der Waals surface area contributed by atoms with Crippen molar-refractivity contribution in [2.24, 2.45) is 5.92 Å². The van der Waals surface area contributed by atoms with Crippen LogP contribution in [0.25, 0.3) is 0 Å². The lowest BCUT2D eigenvalue weighted by Crippen LogP contribution is -2.47. The first kappa shape index (κ1) is 17.8. The summed E-state index contributed by atoms with van der Waals surface area (Å²) < 4.78 is 0. The highest BCUT2D eigenvalue weighted by molar-refractivity contribution is 5.88. The Morgan fingerprint density at radius 2 is 1.96 bits per heavy atom. The number of carboxylic acids is 1. The van der Waals surface area contributed by atoms with E-state index < -0.39 is 11.9 Å².